The van der Waals surface area contributed by atoms with E-state index in [1.54, 1.807) is 6.92 Å². The van der Waals surface area contributed by atoms with Crippen molar-refractivity contribution < 1.29 is 8.42 Å². The van der Waals surface area contributed by atoms with Crippen molar-refractivity contribution in [2.45, 2.75) is 39.2 Å². The number of imidazole rings is 1. The molecule has 1 aromatic heterocycles. The lowest BCUT2D eigenvalue weighted by Crippen LogP contribution is -2.26. The van der Waals surface area contributed by atoms with Gasteiger partial charge < -0.3 is 0 Å². The van der Waals surface area contributed by atoms with E-state index < -0.39 is 10.0 Å². The molecule has 118 valence electrons. The second-order valence-electron chi connectivity index (χ2n) is 5.52. The van der Waals surface area contributed by atoms with Gasteiger partial charge in [-0.25, -0.2) is 18.1 Å². The van der Waals surface area contributed by atoms with E-state index in [2.05, 4.69) is 9.29 Å². The summed E-state index contributed by atoms with van der Waals surface area (Å²) in [6, 6.07) is 10.0. The molecule has 0 amide bonds. The Morgan fingerprint density at radius 2 is 1.91 bits per heavy atom. The first-order chi connectivity index (χ1) is 10.6. The van der Waals surface area contributed by atoms with Gasteiger partial charge in [-0.1, -0.05) is 18.2 Å². The third kappa shape index (κ3) is 3.08. The highest BCUT2D eigenvalue weighted by atomic mass is 32.2. The van der Waals surface area contributed by atoms with E-state index in [1.165, 1.54) is 5.69 Å². The van der Waals surface area contributed by atoms with E-state index >= 15 is 0 Å². The normalized spacial score (nSPS) is 14.8. The fraction of sp³-hybridized carbons (Fsp3) is 0.438. The number of rotatable bonds is 5. The standard InChI is InChI=1S/C16H21N3O2S/c1-2-22(20,21)17-12-16-18-14-10-6-7-11-15(14)19(16)13-8-4-3-5-9-13/h3-5,8-9,17H,2,6-7,10-12H2,1H3. The molecule has 0 radical (unpaired) electrons. The predicted octanol–water partition coefficient (Wildman–Crippen LogP) is 2.19. The van der Waals surface area contributed by atoms with Crippen molar-refractivity contribution in [3.63, 3.8) is 0 Å². The summed E-state index contributed by atoms with van der Waals surface area (Å²) >= 11 is 0. The smallest absolute Gasteiger partial charge is 0.211 e. The molecule has 1 aliphatic carbocycles. The van der Waals surface area contributed by atoms with E-state index in [0.29, 0.717) is 0 Å². The van der Waals surface area contributed by atoms with Crippen LogP contribution in [0.2, 0.25) is 0 Å². The topological polar surface area (TPSA) is 64.0 Å². The van der Waals surface area contributed by atoms with Crippen LogP contribution in [0.25, 0.3) is 5.69 Å². The molecular formula is C16H21N3O2S. The molecule has 1 aromatic carbocycles. The van der Waals surface area contributed by atoms with Crippen LogP contribution < -0.4 is 4.72 Å². The third-order valence-corrected chi connectivity index (χ3v) is 5.39. The lowest BCUT2D eigenvalue weighted by Gasteiger charge is -2.15. The van der Waals surface area contributed by atoms with Crippen LogP contribution in [0.3, 0.4) is 0 Å². The van der Waals surface area contributed by atoms with Crippen LogP contribution in [-0.4, -0.2) is 23.7 Å². The molecule has 22 heavy (non-hydrogen) atoms. The number of fused-ring (bicyclic) bond motifs is 1. The molecule has 1 aliphatic rings. The zero-order chi connectivity index (χ0) is 15.6. The van der Waals surface area contributed by atoms with Gasteiger partial charge in [0.05, 0.1) is 18.0 Å². The summed E-state index contributed by atoms with van der Waals surface area (Å²) in [5.74, 6) is 0.855. The number of nitrogens with zero attached hydrogens (tertiary/aromatic N) is 2. The fourth-order valence-electron chi connectivity index (χ4n) is 2.87. The Morgan fingerprint density at radius 1 is 1.18 bits per heavy atom. The van der Waals surface area contributed by atoms with E-state index in [1.807, 2.05) is 30.3 Å². The number of hydrogen-bond donors (Lipinski definition) is 1. The van der Waals surface area contributed by atoms with Crippen molar-refractivity contribution >= 4 is 10.0 Å². The molecule has 3 rings (SSSR count). The van der Waals surface area contributed by atoms with Crippen LogP contribution in [0.15, 0.2) is 30.3 Å². The second kappa shape index (κ2) is 6.22. The summed E-state index contributed by atoms with van der Waals surface area (Å²) in [4.78, 5) is 4.70. The molecule has 1 N–H and O–H groups in total. The monoisotopic (exact) mass is 319 g/mol. The van der Waals surface area contributed by atoms with Crippen LogP contribution in [0.1, 0.15) is 37.0 Å². The maximum Gasteiger partial charge on any atom is 0.211 e. The molecule has 0 atom stereocenters. The number of nitrogens with one attached hydrogen (secondary N) is 1. The van der Waals surface area contributed by atoms with Gasteiger partial charge in [-0.2, -0.15) is 0 Å². The third-order valence-electron chi connectivity index (χ3n) is 4.05. The highest BCUT2D eigenvalue weighted by Crippen LogP contribution is 2.25. The number of aryl methyl sites for hydroxylation is 1. The van der Waals surface area contributed by atoms with Gasteiger partial charge in [0, 0.05) is 11.4 Å². The van der Waals surface area contributed by atoms with E-state index in [0.717, 1.165) is 42.9 Å². The minimum absolute atomic E-state index is 0.0821. The Labute approximate surface area is 131 Å². The molecule has 0 fully saturated rings. The van der Waals surface area contributed by atoms with Gasteiger partial charge in [0.25, 0.3) is 0 Å². The highest BCUT2D eigenvalue weighted by Gasteiger charge is 2.21. The Kier molecular flexibility index (Phi) is 4.31. The summed E-state index contributed by atoms with van der Waals surface area (Å²) in [6.45, 7) is 1.87. The predicted molar refractivity (Wildman–Crippen MR) is 86.5 cm³/mol. The number of sulfonamides is 1. The first-order valence-electron chi connectivity index (χ1n) is 7.73. The van der Waals surface area contributed by atoms with E-state index in [-0.39, 0.29) is 12.3 Å². The number of hydrogen-bond acceptors (Lipinski definition) is 3. The Balaban J connectivity index is 2.00. The first kappa shape index (κ1) is 15.2. The summed E-state index contributed by atoms with van der Waals surface area (Å²) in [5, 5.41) is 0. The zero-order valence-corrected chi connectivity index (χ0v) is 13.6. The lowest BCUT2D eigenvalue weighted by molar-refractivity contribution is 0.579. The molecule has 1 heterocycles. The first-order valence-corrected chi connectivity index (χ1v) is 9.38. The number of aromatic nitrogens is 2. The van der Waals surface area contributed by atoms with Crippen molar-refractivity contribution in [2.75, 3.05) is 5.75 Å². The molecule has 2 aromatic rings. The van der Waals surface area contributed by atoms with Gasteiger partial charge in [0.15, 0.2) is 0 Å². The van der Waals surface area contributed by atoms with Crippen molar-refractivity contribution in [3.05, 3.63) is 47.5 Å². The molecule has 0 unspecified atom stereocenters. The van der Waals surface area contributed by atoms with Crippen molar-refractivity contribution in [2.24, 2.45) is 0 Å². The highest BCUT2D eigenvalue weighted by molar-refractivity contribution is 7.89. The minimum atomic E-state index is -3.22. The zero-order valence-electron chi connectivity index (χ0n) is 12.7. The quantitative estimate of drug-likeness (QED) is 0.919. The number of para-hydroxylation sites is 1. The van der Waals surface area contributed by atoms with Crippen LogP contribution >= 0.6 is 0 Å². The summed E-state index contributed by atoms with van der Waals surface area (Å²) in [7, 11) is -3.22. The van der Waals surface area contributed by atoms with Gasteiger partial charge in [-0.05, 0) is 44.7 Å². The Bertz CT molecular complexity index is 751. The molecule has 0 saturated heterocycles. The van der Waals surface area contributed by atoms with Gasteiger partial charge in [0.1, 0.15) is 5.82 Å². The maximum atomic E-state index is 11.7. The van der Waals surface area contributed by atoms with Gasteiger partial charge in [-0.15, -0.1) is 0 Å². The van der Waals surface area contributed by atoms with Gasteiger partial charge >= 0.3 is 0 Å². The Morgan fingerprint density at radius 3 is 2.64 bits per heavy atom. The van der Waals surface area contributed by atoms with Crippen molar-refractivity contribution in [3.8, 4) is 5.69 Å². The molecule has 0 aliphatic heterocycles. The number of benzene rings is 1. The van der Waals surface area contributed by atoms with Crippen molar-refractivity contribution in [1.82, 2.24) is 14.3 Å². The van der Waals surface area contributed by atoms with Crippen LogP contribution in [0.4, 0.5) is 0 Å². The SMILES string of the molecule is CCS(=O)(=O)NCc1nc2c(n1-c1ccccc1)CCCC2. The van der Waals surface area contributed by atoms with E-state index in [4.69, 9.17) is 4.98 Å². The molecule has 6 heteroatoms. The second-order valence-corrected chi connectivity index (χ2v) is 7.62. The molecule has 0 bridgehead atoms. The minimum Gasteiger partial charge on any atom is -0.299 e. The molecule has 5 nitrogen and oxygen atoms in total. The average Bonchev–Trinajstić information content (AvgIpc) is 2.92. The molecular weight excluding hydrogens is 298 g/mol. The molecule has 0 saturated carbocycles. The summed E-state index contributed by atoms with van der Waals surface area (Å²) < 4.78 is 28.2. The van der Waals surface area contributed by atoms with E-state index in [9.17, 15) is 8.42 Å². The fourth-order valence-corrected chi connectivity index (χ4v) is 3.43. The molecule has 0 spiro atoms. The maximum absolute atomic E-state index is 11.7. The Hall–Kier alpha value is -1.66. The van der Waals surface area contributed by atoms with Crippen LogP contribution in [0.5, 0.6) is 0 Å². The summed E-state index contributed by atoms with van der Waals surface area (Å²) in [6.07, 6.45) is 4.28. The summed E-state index contributed by atoms with van der Waals surface area (Å²) in [5.41, 5.74) is 3.38. The van der Waals surface area contributed by atoms with Gasteiger partial charge in [0.2, 0.25) is 10.0 Å². The van der Waals surface area contributed by atoms with Crippen molar-refractivity contribution in [1.29, 1.82) is 0 Å². The van der Waals surface area contributed by atoms with Crippen LogP contribution in [-0.2, 0) is 29.4 Å². The van der Waals surface area contributed by atoms with Crippen LogP contribution in [0, 0.1) is 0 Å². The largest absolute Gasteiger partial charge is 0.299 e. The lowest BCUT2D eigenvalue weighted by atomic mass is 10.0. The average molecular weight is 319 g/mol. The van der Waals surface area contributed by atoms with Gasteiger partial charge in [-0.3, -0.25) is 4.57 Å².